The van der Waals surface area contributed by atoms with Crippen LogP contribution >= 0.6 is 0 Å². The zero-order valence-corrected chi connectivity index (χ0v) is 16.2. The van der Waals surface area contributed by atoms with E-state index in [1.54, 1.807) is 4.90 Å². The van der Waals surface area contributed by atoms with E-state index in [1.165, 1.54) is 0 Å². The standard InChI is InChI=1S/C23H29N2O3/c26-16-15-25-13-11-20(12-14-25)22(18-25)28-23(27)24(21-9-5-2-6-10-21)17-19-7-3-1-4-8-19/h1-10,20,22,26H,11-18H2/q+1/t20?,22-,25?/m0/s1. The Bertz CT molecular complexity index is 767. The fraction of sp³-hybridized carbons (Fsp3) is 0.435. The fourth-order valence-electron chi connectivity index (χ4n) is 4.71. The summed E-state index contributed by atoms with van der Waals surface area (Å²) in [5.41, 5.74) is 1.91. The van der Waals surface area contributed by atoms with Gasteiger partial charge in [-0.15, -0.1) is 0 Å². The smallest absolute Gasteiger partial charge is 0.415 e. The summed E-state index contributed by atoms with van der Waals surface area (Å²) in [5.74, 6) is 0.442. The maximum Gasteiger partial charge on any atom is 0.415 e. The Balaban J connectivity index is 1.51. The summed E-state index contributed by atoms with van der Waals surface area (Å²) in [6, 6.07) is 19.7. The molecule has 3 heterocycles. The quantitative estimate of drug-likeness (QED) is 0.780. The molecule has 0 spiro atoms. The molecule has 0 radical (unpaired) electrons. The van der Waals surface area contributed by atoms with Crippen molar-refractivity contribution < 1.29 is 19.1 Å². The summed E-state index contributed by atoms with van der Waals surface area (Å²) in [4.78, 5) is 14.9. The summed E-state index contributed by atoms with van der Waals surface area (Å²) in [6.45, 7) is 4.43. The second-order valence-corrected chi connectivity index (χ2v) is 8.09. The number of benzene rings is 2. The molecule has 2 aromatic rings. The molecule has 5 rings (SSSR count). The molecule has 1 atom stereocenters. The first-order valence-electron chi connectivity index (χ1n) is 10.2. The number of para-hydroxylation sites is 1. The lowest BCUT2D eigenvalue weighted by molar-refractivity contribution is -0.946. The van der Waals surface area contributed by atoms with Gasteiger partial charge in [0.1, 0.15) is 13.1 Å². The van der Waals surface area contributed by atoms with Crippen molar-refractivity contribution in [2.24, 2.45) is 5.92 Å². The Morgan fingerprint density at radius 2 is 1.68 bits per heavy atom. The highest BCUT2D eigenvalue weighted by Crippen LogP contribution is 2.36. The maximum absolute atomic E-state index is 13.2. The first-order chi connectivity index (χ1) is 13.7. The number of aliphatic hydroxyl groups is 1. The Morgan fingerprint density at radius 3 is 2.32 bits per heavy atom. The van der Waals surface area contributed by atoms with E-state index in [-0.39, 0.29) is 18.8 Å². The van der Waals surface area contributed by atoms with Gasteiger partial charge < -0.3 is 14.3 Å². The molecule has 0 aromatic heterocycles. The maximum atomic E-state index is 13.2. The first kappa shape index (κ1) is 19.0. The third kappa shape index (κ3) is 4.05. The average Bonchev–Trinajstić information content (AvgIpc) is 2.74. The van der Waals surface area contributed by atoms with Crippen molar-refractivity contribution in [2.45, 2.75) is 25.5 Å². The Kier molecular flexibility index (Phi) is 5.64. The Morgan fingerprint density at radius 1 is 1.04 bits per heavy atom. The van der Waals surface area contributed by atoms with Crippen LogP contribution < -0.4 is 4.90 Å². The van der Waals surface area contributed by atoms with Crippen LogP contribution in [0.4, 0.5) is 10.5 Å². The molecule has 2 aromatic carbocycles. The number of carbonyl (C=O) groups excluding carboxylic acids is 1. The number of hydrogen-bond acceptors (Lipinski definition) is 3. The van der Waals surface area contributed by atoms with E-state index < -0.39 is 0 Å². The van der Waals surface area contributed by atoms with E-state index >= 15 is 0 Å². The van der Waals surface area contributed by atoms with Gasteiger partial charge >= 0.3 is 6.09 Å². The topological polar surface area (TPSA) is 49.8 Å². The molecule has 3 aliphatic rings. The summed E-state index contributed by atoms with van der Waals surface area (Å²) < 4.78 is 6.96. The van der Waals surface area contributed by atoms with Crippen molar-refractivity contribution >= 4 is 11.8 Å². The summed E-state index contributed by atoms with van der Waals surface area (Å²) in [7, 11) is 0. The number of ether oxygens (including phenoxy) is 1. The number of carbonyl (C=O) groups is 1. The number of hydrogen-bond donors (Lipinski definition) is 1. The highest BCUT2D eigenvalue weighted by Gasteiger charge is 2.47. The lowest BCUT2D eigenvalue weighted by atomic mass is 9.83. The predicted molar refractivity (Wildman–Crippen MR) is 109 cm³/mol. The van der Waals surface area contributed by atoms with Crippen LogP contribution in [0, 0.1) is 5.92 Å². The van der Waals surface area contributed by atoms with Crippen LogP contribution in [0.1, 0.15) is 18.4 Å². The third-order valence-electron chi connectivity index (χ3n) is 6.34. The van der Waals surface area contributed by atoms with E-state index in [9.17, 15) is 9.90 Å². The van der Waals surface area contributed by atoms with Crippen LogP contribution in [0.5, 0.6) is 0 Å². The number of amides is 1. The number of anilines is 1. The SMILES string of the molecule is O=C(O[C@H]1C[N+]2(CCO)CCC1CC2)N(Cc1ccccc1)c1ccccc1. The zero-order valence-electron chi connectivity index (χ0n) is 16.2. The van der Waals surface area contributed by atoms with Gasteiger partial charge in [0.05, 0.1) is 26.2 Å². The largest absolute Gasteiger partial charge is 0.440 e. The van der Waals surface area contributed by atoms with Crippen molar-refractivity contribution in [3.05, 3.63) is 66.2 Å². The molecule has 0 aliphatic carbocycles. The van der Waals surface area contributed by atoms with Crippen molar-refractivity contribution in [1.82, 2.24) is 0 Å². The van der Waals surface area contributed by atoms with E-state index in [2.05, 4.69) is 0 Å². The van der Waals surface area contributed by atoms with Crippen LogP contribution in [0.3, 0.4) is 0 Å². The van der Waals surface area contributed by atoms with Gasteiger partial charge in [-0.3, -0.25) is 4.90 Å². The molecule has 0 unspecified atom stereocenters. The van der Waals surface area contributed by atoms with Gasteiger partial charge in [0, 0.05) is 24.4 Å². The molecule has 28 heavy (non-hydrogen) atoms. The molecule has 2 bridgehead atoms. The Labute approximate surface area is 166 Å². The van der Waals surface area contributed by atoms with Gasteiger partial charge in [-0.2, -0.15) is 0 Å². The molecule has 1 N–H and O–H groups in total. The third-order valence-corrected chi connectivity index (χ3v) is 6.34. The predicted octanol–water partition coefficient (Wildman–Crippen LogP) is 3.43. The number of quaternary nitrogens is 1. The van der Waals surface area contributed by atoms with Crippen molar-refractivity contribution in [1.29, 1.82) is 0 Å². The van der Waals surface area contributed by atoms with Gasteiger partial charge in [0.2, 0.25) is 0 Å². The van der Waals surface area contributed by atoms with Gasteiger partial charge in [-0.1, -0.05) is 48.5 Å². The minimum atomic E-state index is -0.282. The molecular weight excluding hydrogens is 352 g/mol. The van der Waals surface area contributed by atoms with Crippen LogP contribution in [-0.2, 0) is 11.3 Å². The van der Waals surface area contributed by atoms with Gasteiger partial charge in [0.25, 0.3) is 0 Å². The molecular formula is C23H29N2O3+. The molecule has 1 amide bonds. The number of aliphatic hydroxyl groups excluding tert-OH is 1. The van der Waals surface area contributed by atoms with Crippen molar-refractivity contribution in [3.63, 3.8) is 0 Å². The lowest BCUT2D eigenvalue weighted by Crippen LogP contribution is -2.65. The molecule has 0 saturated carbocycles. The van der Waals surface area contributed by atoms with Crippen LogP contribution in [0.2, 0.25) is 0 Å². The van der Waals surface area contributed by atoms with Crippen LogP contribution in [-0.4, -0.2) is 54.6 Å². The highest BCUT2D eigenvalue weighted by atomic mass is 16.6. The van der Waals surface area contributed by atoms with Crippen LogP contribution in [0.25, 0.3) is 0 Å². The van der Waals surface area contributed by atoms with Crippen molar-refractivity contribution in [2.75, 3.05) is 37.7 Å². The summed E-state index contributed by atoms with van der Waals surface area (Å²) in [6.07, 6.45) is 1.80. The van der Waals surface area contributed by atoms with E-state index in [0.29, 0.717) is 12.5 Å². The number of rotatable bonds is 6. The number of fused-ring (bicyclic) bond motifs is 3. The molecule has 3 fully saturated rings. The Hall–Kier alpha value is -2.37. The summed E-state index contributed by atoms with van der Waals surface area (Å²) in [5, 5.41) is 9.47. The molecule has 148 valence electrons. The minimum absolute atomic E-state index is 0.0662. The normalized spacial score (nSPS) is 26.0. The highest BCUT2D eigenvalue weighted by molar-refractivity contribution is 5.87. The van der Waals surface area contributed by atoms with E-state index in [1.807, 2.05) is 60.7 Å². The molecule has 5 nitrogen and oxygen atoms in total. The van der Waals surface area contributed by atoms with Crippen LogP contribution in [0.15, 0.2) is 60.7 Å². The monoisotopic (exact) mass is 381 g/mol. The number of nitrogens with zero attached hydrogens (tertiary/aromatic N) is 2. The van der Waals surface area contributed by atoms with E-state index in [0.717, 1.165) is 54.8 Å². The number of piperidine rings is 3. The lowest BCUT2D eigenvalue weighted by Gasteiger charge is -2.51. The fourth-order valence-corrected chi connectivity index (χ4v) is 4.71. The molecule has 3 aliphatic heterocycles. The summed E-state index contributed by atoms with van der Waals surface area (Å²) >= 11 is 0. The van der Waals surface area contributed by atoms with Crippen molar-refractivity contribution in [3.8, 4) is 0 Å². The molecule has 5 heteroatoms. The average molecular weight is 381 g/mol. The molecule has 3 saturated heterocycles. The minimum Gasteiger partial charge on any atom is -0.440 e. The van der Waals surface area contributed by atoms with Gasteiger partial charge in [-0.05, 0) is 17.7 Å². The first-order valence-corrected chi connectivity index (χ1v) is 10.2. The second-order valence-electron chi connectivity index (χ2n) is 8.09. The van der Waals surface area contributed by atoms with E-state index in [4.69, 9.17) is 4.74 Å². The zero-order chi connectivity index (χ0) is 19.4. The van der Waals surface area contributed by atoms with Gasteiger partial charge in [-0.25, -0.2) is 4.79 Å². The van der Waals surface area contributed by atoms with Gasteiger partial charge in [0.15, 0.2) is 6.10 Å². The second kappa shape index (κ2) is 8.33.